The van der Waals surface area contributed by atoms with Gasteiger partial charge in [-0.25, -0.2) is 0 Å². The van der Waals surface area contributed by atoms with Gasteiger partial charge in [0.1, 0.15) is 0 Å². The minimum atomic E-state index is -1.08. The van der Waals surface area contributed by atoms with E-state index in [0.717, 1.165) is 37.7 Å². The Labute approximate surface area is 137 Å². The Morgan fingerprint density at radius 3 is 2.52 bits per heavy atom. The van der Waals surface area contributed by atoms with Crippen LogP contribution in [0.15, 0.2) is 12.2 Å². The number of aliphatic hydroxyl groups excluding tert-OH is 2. The highest BCUT2D eigenvalue weighted by Gasteiger charge is 2.70. The Balaban J connectivity index is 1.82. The SMILES string of the molecule is C=C1[C@H]2CC[C@H]3[C@](CC[C@@H]4C(C)(C)C(=O)O[C@@H](O)[C@]43C)(C2)[C@H]1O. The fourth-order valence-electron chi connectivity index (χ4n) is 6.88. The molecular formula is C19H28O4. The topological polar surface area (TPSA) is 66.8 Å². The summed E-state index contributed by atoms with van der Waals surface area (Å²) in [5.41, 5.74) is -0.290. The number of hydrogen-bond donors (Lipinski definition) is 2. The summed E-state index contributed by atoms with van der Waals surface area (Å²) < 4.78 is 5.40. The molecule has 3 aliphatic carbocycles. The molecule has 4 heteroatoms. The first-order valence-electron chi connectivity index (χ1n) is 8.91. The van der Waals surface area contributed by atoms with Crippen LogP contribution in [0.2, 0.25) is 0 Å². The van der Waals surface area contributed by atoms with E-state index in [9.17, 15) is 15.0 Å². The van der Waals surface area contributed by atoms with E-state index in [4.69, 9.17) is 4.74 Å². The summed E-state index contributed by atoms with van der Waals surface area (Å²) in [6.07, 6.45) is 3.17. The molecule has 0 aromatic carbocycles. The molecule has 4 rings (SSSR count). The number of cyclic esters (lactones) is 1. The third-order valence-corrected chi connectivity index (χ3v) is 8.09. The third-order valence-electron chi connectivity index (χ3n) is 8.09. The van der Waals surface area contributed by atoms with Gasteiger partial charge in [-0.05, 0) is 69.3 Å². The fourth-order valence-corrected chi connectivity index (χ4v) is 6.88. The summed E-state index contributed by atoms with van der Waals surface area (Å²) in [5, 5.41) is 21.7. The standard InChI is InChI=1S/C19H28O4/c1-10-11-5-6-13-18(4)12(7-8-19(13,9-11)14(10)20)17(2,3)15(21)23-16(18)22/h11-14,16,20,22H,1,5-9H2,2-4H3/t11-,12+,13+,14-,16+,18+,19-/m0/s1. The molecule has 4 aliphatic rings. The largest absolute Gasteiger partial charge is 0.435 e. The van der Waals surface area contributed by atoms with Gasteiger partial charge in [0.2, 0.25) is 6.29 Å². The van der Waals surface area contributed by atoms with Crippen LogP contribution in [-0.4, -0.2) is 28.6 Å². The van der Waals surface area contributed by atoms with E-state index in [1.54, 1.807) is 0 Å². The Morgan fingerprint density at radius 1 is 1.13 bits per heavy atom. The second-order valence-electron chi connectivity index (χ2n) is 9.18. The van der Waals surface area contributed by atoms with Crippen LogP contribution in [0.5, 0.6) is 0 Å². The van der Waals surface area contributed by atoms with Crippen molar-refractivity contribution in [3.8, 4) is 0 Å². The minimum absolute atomic E-state index is 0.0829. The highest BCUT2D eigenvalue weighted by Crippen LogP contribution is 2.71. The van der Waals surface area contributed by atoms with Crippen LogP contribution in [0.4, 0.5) is 0 Å². The predicted molar refractivity (Wildman–Crippen MR) is 85.1 cm³/mol. The second kappa shape index (κ2) is 4.40. The van der Waals surface area contributed by atoms with Gasteiger partial charge in [0.15, 0.2) is 0 Å². The van der Waals surface area contributed by atoms with Crippen molar-refractivity contribution in [3.63, 3.8) is 0 Å². The quantitative estimate of drug-likeness (QED) is 0.532. The van der Waals surface area contributed by atoms with Crippen LogP contribution < -0.4 is 0 Å². The average Bonchev–Trinajstić information content (AvgIpc) is 2.67. The van der Waals surface area contributed by atoms with Gasteiger partial charge in [0, 0.05) is 10.8 Å². The first kappa shape index (κ1) is 15.6. The molecule has 4 fully saturated rings. The molecule has 7 atom stereocenters. The molecule has 23 heavy (non-hydrogen) atoms. The van der Waals surface area contributed by atoms with Gasteiger partial charge in [0.25, 0.3) is 0 Å². The third kappa shape index (κ3) is 1.62. The van der Waals surface area contributed by atoms with Crippen LogP contribution in [-0.2, 0) is 9.53 Å². The van der Waals surface area contributed by atoms with E-state index < -0.39 is 23.2 Å². The Morgan fingerprint density at radius 2 is 1.83 bits per heavy atom. The van der Waals surface area contributed by atoms with Crippen LogP contribution in [0.1, 0.15) is 52.9 Å². The first-order chi connectivity index (χ1) is 10.7. The lowest BCUT2D eigenvalue weighted by molar-refractivity contribution is -0.289. The van der Waals surface area contributed by atoms with Gasteiger partial charge in [-0.15, -0.1) is 0 Å². The fraction of sp³-hybridized carbons (Fsp3) is 0.842. The zero-order chi connectivity index (χ0) is 16.8. The molecule has 2 bridgehead atoms. The molecule has 128 valence electrons. The number of esters is 1. The van der Waals surface area contributed by atoms with Crippen LogP contribution >= 0.6 is 0 Å². The molecule has 3 saturated carbocycles. The average molecular weight is 320 g/mol. The number of rotatable bonds is 0. The van der Waals surface area contributed by atoms with Crippen molar-refractivity contribution < 1.29 is 19.7 Å². The predicted octanol–water partition coefficient (Wildman–Crippen LogP) is 2.64. The van der Waals surface area contributed by atoms with E-state index in [2.05, 4.69) is 13.5 Å². The molecule has 0 aromatic rings. The maximum Gasteiger partial charge on any atom is 0.314 e. The van der Waals surface area contributed by atoms with E-state index in [1.807, 2.05) is 13.8 Å². The van der Waals surface area contributed by atoms with Crippen molar-refractivity contribution in [2.45, 2.75) is 65.3 Å². The smallest absolute Gasteiger partial charge is 0.314 e. The van der Waals surface area contributed by atoms with Crippen molar-refractivity contribution in [2.24, 2.45) is 34.0 Å². The highest BCUT2D eigenvalue weighted by molar-refractivity contribution is 5.77. The van der Waals surface area contributed by atoms with Gasteiger partial charge < -0.3 is 14.9 Å². The van der Waals surface area contributed by atoms with Gasteiger partial charge >= 0.3 is 5.97 Å². The summed E-state index contributed by atoms with van der Waals surface area (Å²) in [6.45, 7) is 10.1. The van der Waals surface area contributed by atoms with E-state index in [-0.39, 0.29) is 23.2 Å². The number of carbonyl (C=O) groups excluding carboxylic acids is 1. The zero-order valence-electron chi connectivity index (χ0n) is 14.3. The molecule has 2 N–H and O–H groups in total. The van der Waals surface area contributed by atoms with Gasteiger partial charge in [-0.1, -0.05) is 13.5 Å². The van der Waals surface area contributed by atoms with Gasteiger partial charge in [0.05, 0.1) is 11.5 Å². The number of hydrogen-bond acceptors (Lipinski definition) is 4. The Bertz CT molecular complexity index is 582. The zero-order valence-corrected chi connectivity index (χ0v) is 14.3. The molecule has 4 nitrogen and oxygen atoms in total. The number of fused-ring (bicyclic) bond motifs is 3. The van der Waals surface area contributed by atoms with E-state index >= 15 is 0 Å². The molecule has 1 aliphatic heterocycles. The van der Waals surface area contributed by atoms with E-state index in [1.165, 1.54) is 0 Å². The lowest BCUT2D eigenvalue weighted by atomic mass is 9.43. The lowest BCUT2D eigenvalue weighted by Gasteiger charge is -2.63. The summed E-state index contributed by atoms with van der Waals surface area (Å²) in [6, 6.07) is 0. The Hall–Kier alpha value is -0.870. The summed E-state index contributed by atoms with van der Waals surface area (Å²) >= 11 is 0. The van der Waals surface area contributed by atoms with E-state index in [0.29, 0.717) is 5.92 Å². The summed E-state index contributed by atoms with van der Waals surface area (Å²) in [5.74, 6) is 0.368. The monoisotopic (exact) mass is 320 g/mol. The molecular weight excluding hydrogens is 292 g/mol. The van der Waals surface area contributed by atoms with Crippen molar-refractivity contribution in [3.05, 3.63) is 12.2 Å². The highest BCUT2D eigenvalue weighted by atomic mass is 16.6. The second-order valence-corrected chi connectivity index (χ2v) is 9.18. The Kier molecular flexibility index (Phi) is 2.99. The molecule has 1 saturated heterocycles. The molecule has 1 spiro atoms. The maximum atomic E-state index is 12.3. The molecule has 0 unspecified atom stereocenters. The number of carbonyl (C=O) groups is 1. The van der Waals surface area contributed by atoms with Crippen molar-refractivity contribution in [2.75, 3.05) is 0 Å². The molecule has 1 heterocycles. The van der Waals surface area contributed by atoms with Crippen molar-refractivity contribution >= 4 is 5.97 Å². The number of ether oxygens (including phenoxy) is 1. The minimum Gasteiger partial charge on any atom is -0.435 e. The van der Waals surface area contributed by atoms with Gasteiger partial charge in [-0.2, -0.15) is 0 Å². The van der Waals surface area contributed by atoms with Gasteiger partial charge in [-0.3, -0.25) is 4.79 Å². The summed E-state index contributed by atoms with van der Waals surface area (Å²) in [7, 11) is 0. The summed E-state index contributed by atoms with van der Waals surface area (Å²) in [4.78, 5) is 12.3. The molecule has 0 radical (unpaired) electrons. The molecule has 0 aromatic heterocycles. The normalized spacial score (nSPS) is 54.2. The van der Waals surface area contributed by atoms with Crippen molar-refractivity contribution in [1.29, 1.82) is 0 Å². The van der Waals surface area contributed by atoms with Crippen LogP contribution in [0.3, 0.4) is 0 Å². The van der Waals surface area contributed by atoms with Crippen LogP contribution in [0.25, 0.3) is 0 Å². The molecule has 0 amide bonds. The lowest BCUT2D eigenvalue weighted by Crippen LogP contribution is -2.66. The maximum absolute atomic E-state index is 12.3. The van der Waals surface area contributed by atoms with Crippen molar-refractivity contribution in [1.82, 2.24) is 0 Å². The first-order valence-corrected chi connectivity index (χ1v) is 8.91. The van der Waals surface area contributed by atoms with Crippen LogP contribution in [0, 0.1) is 34.0 Å². The number of aliphatic hydroxyl groups is 2.